The average Bonchev–Trinajstić information content (AvgIpc) is 2.74. The van der Waals surface area contributed by atoms with E-state index in [-0.39, 0.29) is 6.07 Å². The Morgan fingerprint density at radius 1 is 0.629 bits per heavy atom. The third kappa shape index (κ3) is 4.29. The van der Waals surface area contributed by atoms with Crippen molar-refractivity contribution >= 4 is 11.4 Å². The van der Waals surface area contributed by atoms with E-state index in [4.69, 9.17) is 0 Å². The lowest BCUT2D eigenvalue weighted by Gasteiger charge is -2.37. The summed E-state index contributed by atoms with van der Waals surface area (Å²) in [5, 5.41) is 42.0. The standard InChI is InChI=1S/C21H12F6N2O6/c22-20(23,24)14-3-1-2-11(8-14)19(21(25,26)27,12-4-6-17(30)15(9-12)28(32)33)13-5-7-18(31)16(10-13)29(34)35/h1-10,30-31H. The molecule has 0 spiro atoms. The third-order valence-electron chi connectivity index (χ3n) is 5.26. The van der Waals surface area contributed by atoms with Gasteiger partial charge in [0, 0.05) is 12.1 Å². The second-order valence-corrected chi connectivity index (χ2v) is 7.25. The van der Waals surface area contributed by atoms with Gasteiger partial charge in [-0.1, -0.05) is 30.3 Å². The van der Waals surface area contributed by atoms with Crippen molar-refractivity contribution in [2.75, 3.05) is 0 Å². The molecule has 0 fully saturated rings. The second kappa shape index (κ2) is 8.45. The van der Waals surface area contributed by atoms with E-state index in [2.05, 4.69) is 0 Å². The van der Waals surface area contributed by atoms with Crippen molar-refractivity contribution in [2.45, 2.75) is 17.8 Å². The number of nitro benzene ring substituents is 2. The van der Waals surface area contributed by atoms with Crippen LogP contribution in [0.3, 0.4) is 0 Å². The van der Waals surface area contributed by atoms with E-state index in [0.717, 1.165) is 0 Å². The molecule has 0 radical (unpaired) electrons. The first-order valence-corrected chi connectivity index (χ1v) is 9.31. The zero-order valence-corrected chi connectivity index (χ0v) is 17.0. The van der Waals surface area contributed by atoms with Crippen molar-refractivity contribution in [3.8, 4) is 11.5 Å². The number of aromatic hydroxyl groups is 2. The van der Waals surface area contributed by atoms with Gasteiger partial charge in [-0.15, -0.1) is 0 Å². The van der Waals surface area contributed by atoms with E-state index in [9.17, 15) is 56.8 Å². The molecular formula is C21H12F6N2O6. The summed E-state index contributed by atoms with van der Waals surface area (Å²) in [5.74, 6) is -2.04. The minimum absolute atomic E-state index is 0.171. The first kappa shape index (κ1) is 25.3. The fourth-order valence-electron chi connectivity index (χ4n) is 3.73. The van der Waals surface area contributed by atoms with E-state index in [1.54, 1.807) is 0 Å². The molecule has 2 N–H and O–H groups in total. The molecule has 0 aromatic heterocycles. The lowest BCUT2D eigenvalue weighted by atomic mass is 9.68. The molecule has 14 heteroatoms. The Morgan fingerprint density at radius 3 is 1.40 bits per heavy atom. The van der Waals surface area contributed by atoms with Gasteiger partial charge in [0.2, 0.25) is 0 Å². The zero-order chi connectivity index (χ0) is 26.3. The van der Waals surface area contributed by atoms with Crippen LogP contribution in [0.15, 0.2) is 60.7 Å². The number of phenols is 2. The molecule has 0 heterocycles. The van der Waals surface area contributed by atoms with Crippen LogP contribution in [0.4, 0.5) is 37.7 Å². The van der Waals surface area contributed by atoms with Crippen LogP contribution in [0.2, 0.25) is 0 Å². The Hall–Kier alpha value is -4.36. The Balaban J connectivity index is 2.56. The molecule has 3 rings (SSSR count). The van der Waals surface area contributed by atoms with Gasteiger partial charge >= 0.3 is 23.7 Å². The van der Waals surface area contributed by atoms with Crippen molar-refractivity contribution in [1.29, 1.82) is 0 Å². The normalized spacial score (nSPS) is 12.4. The number of phenolic OH excluding ortho intramolecular Hbond substituents is 2. The van der Waals surface area contributed by atoms with Crippen LogP contribution < -0.4 is 0 Å². The van der Waals surface area contributed by atoms with Crippen molar-refractivity contribution in [2.24, 2.45) is 0 Å². The van der Waals surface area contributed by atoms with E-state index < -0.39 is 72.7 Å². The highest BCUT2D eigenvalue weighted by Crippen LogP contribution is 2.54. The minimum Gasteiger partial charge on any atom is -0.502 e. The van der Waals surface area contributed by atoms with Crippen LogP contribution in [0.1, 0.15) is 22.3 Å². The summed E-state index contributed by atoms with van der Waals surface area (Å²) in [6, 6.07) is 5.00. The van der Waals surface area contributed by atoms with Crippen molar-refractivity contribution < 1.29 is 46.4 Å². The molecule has 0 amide bonds. The molecule has 0 aliphatic carbocycles. The molecule has 3 aromatic rings. The van der Waals surface area contributed by atoms with Gasteiger partial charge in [-0.05, 0) is 34.9 Å². The summed E-state index contributed by atoms with van der Waals surface area (Å²) < 4.78 is 85.1. The minimum atomic E-state index is -5.53. The Bertz CT molecular complexity index is 1260. The fraction of sp³-hybridized carbons (Fsp3) is 0.143. The van der Waals surface area contributed by atoms with Crippen LogP contribution in [0.5, 0.6) is 11.5 Å². The summed E-state index contributed by atoms with van der Waals surface area (Å²) >= 11 is 0. The van der Waals surface area contributed by atoms with Crippen molar-refractivity contribution in [3.05, 3.63) is 103 Å². The molecular weight excluding hydrogens is 490 g/mol. The highest BCUT2D eigenvalue weighted by Gasteiger charge is 2.59. The zero-order valence-electron chi connectivity index (χ0n) is 17.0. The summed E-state index contributed by atoms with van der Waals surface area (Å²) in [4.78, 5) is 20.2. The maximum absolute atomic E-state index is 15.0. The summed E-state index contributed by atoms with van der Waals surface area (Å²) in [6.45, 7) is 0. The number of hydrogen-bond acceptors (Lipinski definition) is 6. The third-order valence-corrected chi connectivity index (χ3v) is 5.26. The number of nitro groups is 2. The SMILES string of the molecule is O=[N+]([O-])c1cc(C(c2cccc(C(F)(F)F)c2)(c2ccc(O)c([N+](=O)[O-])c2)C(F)(F)F)ccc1O. The number of benzene rings is 3. The monoisotopic (exact) mass is 502 g/mol. The average molecular weight is 502 g/mol. The van der Waals surface area contributed by atoms with Gasteiger partial charge in [-0.2, -0.15) is 26.3 Å². The summed E-state index contributed by atoms with van der Waals surface area (Å²) in [6.07, 6.45) is -10.6. The van der Waals surface area contributed by atoms with E-state index in [0.29, 0.717) is 54.6 Å². The molecule has 0 unspecified atom stereocenters. The molecule has 0 saturated heterocycles. The molecule has 0 bridgehead atoms. The van der Waals surface area contributed by atoms with Gasteiger partial charge in [0.1, 0.15) is 5.41 Å². The van der Waals surface area contributed by atoms with E-state index in [1.165, 1.54) is 0 Å². The van der Waals surface area contributed by atoms with Gasteiger partial charge < -0.3 is 10.2 Å². The number of alkyl halides is 6. The lowest BCUT2D eigenvalue weighted by molar-refractivity contribution is -0.386. The Morgan fingerprint density at radius 2 is 1.03 bits per heavy atom. The van der Waals surface area contributed by atoms with Gasteiger partial charge in [0.25, 0.3) is 0 Å². The molecule has 3 aromatic carbocycles. The highest BCUT2D eigenvalue weighted by atomic mass is 19.4. The topological polar surface area (TPSA) is 127 Å². The number of halogens is 6. The van der Waals surface area contributed by atoms with Crippen LogP contribution >= 0.6 is 0 Å². The summed E-state index contributed by atoms with van der Waals surface area (Å²) in [7, 11) is 0. The molecule has 0 saturated carbocycles. The molecule has 8 nitrogen and oxygen atoms in total. The maximum atomic E-state index is 15.0. The number of nitrogens with zero attached hydrogens (tertiary/aromatic N) is 2. The van der Waals surface area contributed by atoms with Crippen molar-refractivity contribution in [3.63, 3.8) is 0 Å². The molecule has 0 aliphatic heterocycles. The first-order chi connectivity index (χ1) is 16.1. The first-order valence-electron chi connectivity index (χ1n) is 9.31. The number of rotatable bonds is 5. The smallest absolute Gasteiger partial charge is 0.416 e. The Labute approximate surface area is 191 Å². The predicted octanol–water partition coefficient (Wildman–Crippen LogP) is 5.83. The second-order valence-electron chi connectivity index (χ2n) is 7.25. The van der Waals surface area contributed by atoms with Gasteiger partial charge in [-0.25, -0.2) is 0 Å². The van der Waals surface area contributed by atoms with E-state index in [1.807, 2.05) is 0 Å². The van der Waals surface area contributed by atoms with Gasteiger partial charge in [0.15, 0.2) is 11.5 Å². The van der Waals surface area contributed by atoms with Crippen LogP contribution in [-0.2, 0) is 11.6 Å². The largest absolute Gasteiger partial charge is 0.502 e. The quantitative estimate of drug-likeness (QED) is 0.196. The summed E-state index contributed by atoms with van der Waals surface area (Å²) in [5.41, 5.74) is -10.6. The highest BCUT2D eigenvalue weighted by molar-refractivity contribution is 5.61. The lowest BCUT2D eigenvalue weighted by Crippen LogP contribution is -2.44. The van der Waals surface area contributed by atoms with E-state index >= 15 is 0 Å². The molecule has 35 heavy (non-hydrogen) atoms. The Kier molecular flexibility index (Phi) is 6.10. The molecule has 0 atom stereocenters. The molecule has 0 aliphatic rings. The van der Waals surface area contributed by atoms with Crippen molar-refractivity contribution in [1.82, 2.24) is 0 Å². The van der Waals surface area contributed by atoms with Crippen LogP contribution in [0.25, 0.3) is 0 Å². The van der Waals surface area contributed by atoms with Crippen LogP contribution in [-0.4, -0.2) is 26.2 Å². The molecule has 184 valence electrons. The van der Waals surface area contributed by atoms with Gasteiger partial charge in [0.05, 0.1) is 15.4 Å². The fourth-order valence-corrected chi connectivity index (χ4v) is 3.73. The maximum Gasteiger partial charge on any atom is 0.416 e. The number of hydrogen-bond donors (Lipinski definition) is 2. The van der Waals surface area contributed by atoms with Crippen LogP contribution in [0, 0.1) is 20.2 Å². The predicted molar refractivity (Wildman–Crippen MR) is 107 cm³/mol. The van der Waals surface area contributed by atoms with Gasteiger partial charge in [-0.3, -0.25) is 20.2 Å².